The van der Waals surface area contributed by atoms with Crippen LogP contribution in [0.15, 0.2) is 54.7 Å². The largest absolute Gasteiger partial charge is 0.399 e. The molecule has 20 heavy (non-hydrogen) atoms. The minimum atomic E-state index is -0.106. The third-order valence-corrected chi connectivity index (χ3v) is 3.25. The first-order chi connectivity index (χ1) is 9.74. The third kappa shape index (κ3) is 2.36. The molecule has 0 saturated heterocycles. The number of anilines is 1. The number of carbonyl (C=O) groups is 1. The van der Waals surface area contributed by atoms with E-state index in [0.717, 1.165) is 16.5 Å². The molecule has 4 nitrogen and oxygen atoms in total. The van der Waals surface area contributed by atoms with Gasteiger partial charge in [-0.2, -0.15) is 0 Å². The molecule has 0 unspecified atom stereocenters. The molecule has 0 saturated carbocycles. The molecule has 2 aromatic carbocycles. The molecule has 0 aliphatic heterocycles. The minimum Gasteiger partial charge on any atom is -0.399 e. The van der Waals surface area contributed by atoms with E-state index < -0.39 is 0 Å². The number of hydrogen-bond acceptors (Lipinski definition) is 2. The number of hydrogen-bond donors (Lipinski definition) is 3. The van der Waals surface area contributed by atoms with Crippen LogP contribution in [-0.2, 0) is 6.54 Å². The van der Waals surface area contributed by atoms with Gasteiger partial charge in [0.15, 0.2) is 0 Å². The summed E-state index contributed by atoms with van der Waals surface area (Å²) in [7, 11) is 0. The number of fused-ring (bicyclic) bond motifs is 1. The molecule has 3 aromatic rings. The molecule has 1 aromatic heterocycles. The maximum atomic E-state index is 12.2. The molecule has 0 fully saturated rings. The van der Waals surface area contributed by atoms with E-state index in [1.54, 1.807) is 6.20 Å². The summed E-state index contributed by atoms with van der Waals surface area (Å²) < 4.78 is 0. The second-order valence-electron chi connectivity index (χ2n) is 4.68. The highest BCUT2D eigenvalue weighted by Crippen LogP contribution is 2.20. The molecule has 1 heterocycles. The Bertz CT molecular complexity index is 747. The topological polar surface area (TPSA) is 70.9 Å². The average molecular weight is 265 g/mol. The van der Waals surface area contributed by atoms with Crippen LogP contribution in [0.1, 0.15) is 15.9 Å². The van der Waals surface area contributed by atoms with Crippen molar-refractivity contribution in [2.75, 3.05) is 5.73 Å². The van der Waals surface area contributed by atoms with E-state index in [4.69, 9.17) is 5.73 Å². The third-order valence-electron chi connectivity index (χ3n) is 3.25. The number of carbonyl (C=O) groups excluding carboxylic acids is 1. The van der Waals surface area contributed by atoms with E-state index in [-0.39, 0.29) is 5.91 Å². The van der Waals surface area contributed by atoms with Crippen LogP contribution >= 0.6 is 0 Å². The first kappa shape index (κ1) is 12.3. The van der Waals surface area contributed by atoms with E-state index in [1.807, 2.05) is 48.5 Å². The summed E-state index contributed by atoms with van der Waals surface area (Å²) in [5, 5.41) is 3.76. The van der Waals surface area contributed by atoms with Crippen molar-refractivity contribution in [3.8, 4) is 0 Å². The Labute approximate surface area is 116 Å². The van der Waals surface area contributed by atoms with E-state index in [2.05, 4.69) is 10.3 Å². The molecule has 100 valence electrons. The lowest BCUT2D eigenvalue weighted by atomic mass is 10.1. The second kappa shape index (κ2) is 5.09. The summed E-state index contributed by atoms with van der Waals surface area (Å²) in [5.74, 6) is -0.106. The standard InChI is InChI=1S/C16H15N3O/c17-12-6-7-15-13(8-12)14(10-18-15)16(20)19-9-11-4-2-1-3-5-11/h1-8,10,18H,9,17H2,(H,19,20). The van der Waals surface area contributed by atoms with E-state index in [1.165, 1.54) is 0 Å². The lowest BCUT2D eigenvalue weighted by molar-refractivity contribution is 0.0952. The molecule has 3 rings (SSSR count). The van der Waals surface area contributed by atoms with Gasteiger partial charge in [-0.3, -0.25) is 4.79 Å². The Kier molecular flexibility index (Phi) is 3.13. The molecule has 0 aliphatic carbocycles. The Morgan fingerprint density at radius 2 is 1.95 bits per heavy atom. The number of rotatable bonds is 3. The van der Waals surface area contributed by atoms with Gasteiger partial charge in [-0.25, -0.2) is 0 Å². The van der Waals surface area contributed by atoms with Crippen LogP contribution in [0.2, 0.25) is 0 Å². The maximum Gasteiger partial charge on any atom is 0.253 e. The van der Waals surface area contributed by atoms with Crippen molar-refractivity contribution in [3.63, 3.8) is 0 Å². The van der Waals surface area contributed by atoms with Crippen molar-refractivity contribution in [1.82, 2.24) is 10.3 Å². The van der Waals surface area contributed by atoms with Crippen LogP contribution in [0.5, 0.6) is 0 Å². The summed E-state index contributed by atoms with van der Waals surface area (Å²) in [6.45, 7) is 0.509. The number of aromatic amines is 1. The molecule has 0 aliphatic rings. The number of amides is 1. The molecule has 4 N–H and O–H groups in total. The van der Waals surface area contributed by atoms with E-state index >= 15 is 0 Å². The Morgan fingerprint density at radius 3 is 2.75 bits per heavy atom. The first-order valence-electron chi connectivity index (χ1n) is 6.43. The van der Waals surface area contributed by atoms with Crippen LogP contribution in [0, 0.1) is 0 Å². The smallest absolute Gasteiger partial charge is 0.253 e. The van der Waals surface area contributed by atoms with Gasteiger partial charge < -0.3 is 16.0 Å². The van der Waals surface area contributed by atoms with Crippen LogP contribution in [0.25, 0.3) is 10.9 Å². The van der Waals surface area contributed by atoms with Gasteiger partial charge in [0.05, 0.1) is 5.56 Å². The second-order valence-corrected chi connectivity index (χ2v) is 4.68. The van der Waals surface area contributed by atoms with Crippen LogP contribution in [0.3, 0.4) is 0 Å². The lowest BCUT2D eigenvalue weighted by Crippen LogP contribution is -2.22. The van der Waals surface area contributed by atoms with Crippen molar-refractivity contribution in [2.24, 2.45) is 0 Å². The van der Waals surface area contributed by atoms with Crippen molar-refractivity contribution < 1.29 is 4.79 Å². The summed E-state index contributed by atoms with van der Waals surface area (Å²) in [6.07, 6.45) is 1.71. The predicted molar refractivity (Wildman–Crippen MR) is 80.3 cm³/mol. The summed E-state index contributed by atoms with van der Waals surface area (Å²) in [5.41, 5.74) is 9.01. The van der Waals surface area contributed by atoms with E-state index in [0.29, 0.717) is 17.8 Å². The highest BCUT2D eigenvalue weighted by Gasteiger charge is 2.11. The Hall–Kier alpha value is -2.75. The highest BCUT2D eigenvalue weighted by atomic mass is 16.1. The summed E-state index contributed by atoms with van der Waals surface area (Å²) >= 11 is 0. The van der Waals surface area contributed by atoms with Crippen molar-refractivity contribution in [3.05, 3.63) is 65.9 Å². The molecular formula is C16H15N3O. The van der Waals surface area contributed by atoms with Crippen molar-refractivity contribution in [2.45, 2.75) is 6.54 Å². The lowest BCUT2D eigenvalue weighted by Gasteiger charge is -2.04. The van der Waals surface area contributed by atoms with Gasteiger partial charge in [-0.1, -0.05) is 30.3 Å². The monoisotopic (exact) mass is 265 g/mol. The zero-order valence-corrected chi connectivity index (χ0v) is 10.9. The molecule has 0 atom stereocenters. The van der Waals surface area contributed by atoms with Gasteiger partial charge in [0.25, 0.3) is 5.91 Å². The van der Waals surface area contributed by atoms with Gasteiger partial charge in [-0.15, -0.1) is 0 Å². The zero-order chi connectivity index (χ0) is 13.9. The van der Waals surface area contributed by atoms with Gasteiger partial charge in [0.1, 0.15) is 0 Å². The molecule has 0 spiro atoms. The number of benzene rings is 2. The SMILES string of the molecule is Nc1ccc2[nH]cc(C(=O)NCc3ccccc3)c2c1. The molecule has 1 amide bonds. The predicted octanol–water partition coefficient (Wildman–Crippen LogP) is 2.68. The number of nitrogens with one attached hydrogen (secondary N) is 2. The fraction of sp³-hybridized carbons (Fsp3) is 0.0625. The Balaban J connectivity index is 1.80. The van der Waals surface area contributed by atoms with Crippen molar-refractivity contribution in [1.29, 1.82) is 0 Å². The van der Waals surface area contributed by atoms with Gasteiger partial charge in [-0.05, 0) is 23.8 Å². The van der Waals surface area contributed by atoms with Gasteiger partial charge in [0.2, 0.25) is 0 Å². The minimum absolute atomic E-state index is 0.106. The van der Waals surface area contributed by atoms with Crippen LogP contribution in [-0.4, -0.2) is 10.9 Å². The van der Waals surface area contributed by atoms with Crippen LogP contribution < -0.4 is 11.1 Å². The molecule has 4 heteroatoms. The van der Waals surface area contributed by atoms with E-state index in [9.17, 15) is 4.79 Å². The van der Waals surface area contributed by atoms with Gasteiger partial charge in [0, 0.05) is 29.3 Å². The Morgan fingerprint density at radius 1 is 1.15 bits per heavy atom. The summed E-state index contributed by atoms with van der Waals surface area (Å²) in [6, 6.07) is 15.3. The maximum absolute atomic E-state index is 12.2. The summed E-state index contributed by atoms with van der Waals surface area (Å²) in [4.78, 5) is 15.3. The number of aromatic nitrogens is 1. The number of nitrogen functional groups attached to an aromatic ring is 1. The van der Waals surface area contributed by atoms with Crippen molar-refractivity contribution >= 4 is 22.5 Å². The fourth-order valence-electron chi connectivity index (χ4n) is 2.20. The molecule has 0 bridgehead atoms. The molecular weight excluding hydrogens is 250 g/mol. The molecule has 0 radical (unpaired) electrons. The quantitative estimate of drug-likeness (QED) is 0.637. The average Bonchev–Trinajstić information content (AvgIpc) is 2.89. The normalized spacial score (nSPS) is 10.6. The van der Waals surface area contributed by atoms with Gasteiger partial charge >= 0.3 is 0 Å². The zero-order valence-electron chi connectivity index (χ0n) is 10.9. The first-order valence-corrected chi connectivity index (χ1v) is 6.43. The highest BCUT2D eigenvalue weighted by molar-refractivity contribution is 6.07. The number of H-pyrrole nitrogens is 1. The van der Waals surface area contributed by atoms with Crippen LogP contribution in [0.4, 0.5) is 5.69 Å². The number of nitrogens with two attached hydrogens (primary N) is 1. The fourth-order valence-corrected chi connectivity index (χ4v) is 2.20.